The average molecular weight is 531 g/mol. The van der Waals surface area contributed by atoms with Gasteiger partial charge < -0.3 is 9.47 Å². The third-order valence-electron chi connectivity index (χ3n) is 5.76. The lowest BCUT2D eigenvalue weighted by Gasteiger charge is -2.30. The van der Waals surface area contributed by atoms with E-state index in [1.54, 1.807) is 54.0 Å². The molecule has 0 aliphatic carbocycles. The summed E-state index contributed by atoms with van der Waals surface area (Å²) in [6, 6.07) is 20.4. The third kappa shape index (κ3) is 7.75. The molecule has 3 rings (SSSR count). The Bertz CT molecular complexity index is 1220. The van der Waals surface area contributed by atoms with Gasteiger partial charge >= 0.3 is 0 Å². The first kappa shape index (κ1) is 28.1. The van der Waals surface area contributed by atoms with Crippen LogP contribution in [0.15, 0.2) is 83.8 Å². The Kier molecular flexibility index (Phi) is 10.4. The monoisotopic (exact) mass is 530 g/mol. The average Bonchev–Trinajstić information content (AvgIpc) is 2.93. The van der Waals surface area contributed by atoms with Crippen molar-refractivity contribution in [3.63, 3.8) is 0 Å². The van der Waals surface area contributed by atoms with Crippen LogP contribution >= 0.6 is 0 Å². The first-order valence-corrected chi connectivity index (χ1v) is 13.2. The van der Waals surface area contributed by atoms with E-state index in [2.05, 4.69) is 0 Å². The van der Waals surface area contributed by atoms with E-state index in [-0.39, 0.29) is 17.9 Å². The minimum absolute atomic E-state index is 0.0401. The SMILES string of the molecule is COc1ccc(CN([C@H](Cc2ccccc2)C(=O)NO)S(=O)(=O)c2ccc(OCCCCF)cc2)cc1. The van der Waals surface area contributed by atoms with Crippen LogP contribution in [0.2, 0.25) is 0 Å². The zero-order valence-electron chi connectivity index (χ0n) is 20.5. The van der Waals surface area contributed by atoms with Crippen LogP contribution in [0.3, 0.4) is 0 Å². The van der Waals surface area contributed by atoms with Crippen molar-refractivity contribution >= 4 is 15.9 Å². The van der Waals surface area contributed by atoms with Crippen molar-refractivity contribution in [1.82, 2.24) is 9.79 Å². The second-order valence-electron chi connectivity index (χ2n) is 8.30. The molecule has 0 heterocycles. The number of sulfonamides is 1. The molecule has 0 unspecified atom stereocenters. The predicted octanol–water partition coefficient (Wildman–Crippen LogP) is 4.13. The minimum atomic E-state index is -4.21. The molecule has 198 valence electrons. The molecule has 0 radical (unpaired) electrons. The van der Waals surface area contributed by atoms with Crippen LogP contribution in [0.5, 0.6) is 11.5 Å². The van der Waals surface area contributed by atoms with E-state index in [1.807, 2.05) is 6.07 Å². The molecule has 0 fully saturated rings. The smallest absolute Gasteiger partial charge is 0.262 e. The number of rotatable bonds is 14. The fraction of sp³-hybridized carbons (Fsp3) is 0.296. The first-order valence-electron chi connectivity index (χ1n) is 11.8. The Morgan fingerprint density at radius 3 is 2.19 bits per heavy atom. The van der Waals surface area contributed by atoms with Gasteiger partial charge in [0.15, 0.2) is 0 Å². The fourth-order valence-electron chi connectivity index (χ4n) is 3.74. The largest absolute Gasteiger partial charge is 0.497 e. The lowest BCUT2D eigenvalue weighted by atomic mass is 10.0. The number of alkyl halides is 1. The molecule has 0 aliphatic heterocycles. The number of nitrogens with zero attached hydrogens (tertiary/aromatic N) is 1. The number of amides is 1. The topological polar surface area (TPSA) is 105 Å². The highest BCUT2D eigenvalue weighted by Crippen LogP contribution is 2.26. The number of ether oxygens (including phenoxy) is 2. The molecule has 3 aromatic carbocycles. The molecule has 8 nitrogen and oxygen atoms in total. The van der Waals surface area contributed by atoms with Crippen molar-refractivity contribution in [2.45, 2.75) is 36.7 Å². The number of methoxy groups -OCH3 is 1. The molecule has 1 amide bonds. The van der Waals surface area contributed by atoms with Gasteiger partial charge in [0.1, 0.15) is 17.5 Å². The van der Waals surface area contributed by atoms with Crippen molar-refractivity contribution in [3.8, 4) is 11.5 Å². The van der Waals surface area contributed by atoms with Crippen LogP contribution in [0.25, 0.3) is 0 Å². The normalized spacial score (nSPS) is 12.2. The summed E-state index contributed by atoms with van der Waals surface area (Å²) in [5.41, 5.74) is 2.98. The highest BCUT2D eigenvalue weighted by molar-refractivity contribution is 7.89. The fourth-order valence-corrected chi connectivity index (χ4v) is 5.32. The van der Waals surface area contributed by atoms with Crippen LogP contribution in [0.4, 0.5) is 4.39 Å². The second kappa shape index (κ2) is 13.7. The van der Waals surface area contributed by atoms with E-state index in [9.17, 15) is 22.8 Å². The van der Waals surface area contributed by atoms with Gasteiger partial charge in [0.25, 0.3) is 5.91 Å². The number of hydrogen-bond donors (Lipinski definition) is 2. The van der Waals surface area contributed by atoms with Crippen LogP contribution in [-0.2, 0) is 27.8 Å². The molecule has 10 heteroatoms. The van der Waals surface area contributed by atoms with Gasteiger partial charge in [-0.25, -0.2) is 13.9 Å². The van der Waals surface area contributed by atoms with Crippen molar-refractivity contribution < 1.29 is 32.3 Å². The Hall–Kier alpha value is -3.47. The van der Waals surface area contributed by atoms with Crippen molar-refractivity contribution in [1.29, 1.82) is 0 Å². The Morgan fingerprint density at radius 1 is 0.946 bits per heavy atom. The molecule has 0 saturated heterocycles. The summed E-state index contributed by atoms with van der Waals surface area (Å²) in [4.78, 5) is 12.8. The summed E-state index contributed by atoms with van der Waals surface area (Å²) in [5, 5.41) is 9.48. The molecule has 1 atom stereocenters. The number of unbranched alkanes of at least 4 members (excludes halogenated alkanes) is 1. The van der Waals surface area contributed by atoms with E-state index in [0.29, 0.717) is 36.5 Å². The highest BCUT2D eigenvalue weighted by Gasteiger charge is 2.36. The van der Waals surface area contributed by atoms with E-state index >= 15 is 0 Å². The van der Waals surface area contributed by atoms with Crippen LogP contribution in [0, 0.1) is 0 Å². The number of carbonyl (C=O) groups excluding carboxylic acids is 1. The maximum atomic E-state index is 13.9. The zero-order chi connectivity index (χ0) is 26.7. The van der Waals surface area contributed by atoms with Crippen molar-refractivity contribution in [3.05, 3.63) is 90.0 Å². The number of benzene rings is 3. The van der Waals surface area contributed by atoms with Crippen molar-refractivity contribution in [2.75, 3.05) is 20.4 Å². The molecular weight excluding hydrogens is 499 g/mol. The molecule has 37 heavy (non-hydrogen) atoms. The molecule has 0 aromatic heterocycles. The van der Waals surface area contributed by atoms with Gasteiger partial charge in [-0.3, -0.25) is 14.4 Å². The van der Waals surface area contributed by atoms with Crippen LogP contribution < -0.4 is 15.0 Å². The molecule has 2 N–H and O–H groups in total. The van der Waals surface area contributed by atoms with Crippen LogP contribution in [0.1, 0.15) is 24.0 Å². The van der Waals surface area contributed by atoms with E-state index < -0.39 is 28.6 Å². The van der Waals surface area contributed by atoms with Crippen LogP contribution in [-0.4, -0.2) is 50.3 Å². The van der Waals surface area contributed by atoms with Crippen molar-refractivity contribution in [2.24, 2.45) is 0 Å². The standard InChI is InChI=1S/C27H31FN2O6S/c1-35-23-11-9-22(10-12-23)20-30(26(27(31)29-32)19-21-7-3-2-4-8-21)37(33,34)25-15-13-24(14-16-25)36-18-6-5-17-28/h2-4,7-16,26,32H,5-6,17-20H2,1H3,(H,29,31)/t26-/m1/s1. The summed E-state index contributed by atoms with van der Waals surface area (Å²) in [7, 11) is -2.68. The molecule has 0 saturated carbocycles. The first-order chi connectivity index (χ1) is 17.9. The number of carbonyl (C=O) groups is 1. The Morgan fingerprint density at radius 2 is 1.59 bits per heavy atom. The molecule has 3 aromatic rings. The maximum Gasteiger partial charge on any atom is 0.262 e. The summed E-state index contributed by atoms with van der Waals surface area (Å²) < 4.78 is 51.9. The maximum absolute atomic E-state index is 13.9. The quantitative estimate of drug-likeness (QED) is 0.185. The predicted molar refractivity (Wildman–Crippen MR) is 137 cm³/mol. The van der Waals surface area contributed by atoms with E-state index in [4.69, 9.17) is 9.47 Å². The summed E-state index contributed by atoms with van der Waals surface area (Å²) in [5.74, 6) is 0.205. The summed E-state index contributed by atoms with van der Waals surface area (Å²) in [6.07, 6.45) is 0.977. The number of hydrogen-bond acceptors (Lipinski definition) is 6. The lowest BCUT2D eigenvalue weighted by molar-refractivity contribution is -0.133. The van der Waals surface area contributed by atoms with Gasteiger partial charge in [-0.1, -0.05) is 42.5 Å². The Balaban J connectivity index is 1.96. The zero-order valence-corrected chi connectivity index (χ0v) is 21.4. The van der Waals surface area contributed by atoms with Gasteiger partial charge in [0.05, 0.1) is 25.3 Å². The Labute approximate surface area is 216 Å². The number of hydroxylamine groups is 1. The second-order valence-corrected chi connectivity index (χ2v) is 10.2. The van der Waals surface area contributed by atoms with Gasteiger partial charge in [-0.2, -0.15) is 4.31 Å². The summed E-state index contributed by atoms with van der Waals surface area (Å²) >= 11 is 0. The van der Waals surface area contributed by atoms with Gasteiger partial charge in [-0.15, -0.1) is 0 Å². The minimum Gasteiger partial charge on any atom is -0.497 e. The molecular formula is C27H31FN2O6S. The molecule has 0 bridgehead atoms. The third-order valence-corrected chi connectivity index (χ3v) is 7.63. The number of nitrogens with one attached hydrogen (secondary N) is 1. The van der Waals surface area contributed by atoms with Gasteiger partial charge in [0, 0.05) is 6.54 Å². The number of halogens is 1. The lowest BCUT2D eigenvalue weighted by Crippen LogP contribution is -2.49. The summed E-state index contributed by atoms with van der Waals surface area (Å²) in [6.45, 7) is -0.232. The highest BCUT2D eigenvalue weighted by atomic mass is 32.2. The molecule has 0 aliphatic rings. The van der Waals surface area contributed by atoms with E-state index in [0.717, 1.165) is 9.87 Å². The van der Waals surface area contributed by atoms with E-state index in [1.165, 1.54) is 31.4 Å². The molecule has 0 spiro atoms. The van der Waals surface area contributed by atoms with Gasteiger partial charge in [0.2, 0.25) is 10.0 Å². The van der Waals surface area contributed by atoms with Gasteiger partial charge in [-0.05, 0) is 66.8 Å².